The van der Waals surface area contributed by atoms with Gasteiger partial charge in [0, 0.05) is 41.1 Å². The molecule has 204 valence electrons. The number of rotatable bonds is 7. The van der Waals surface area contributed by atoms with E-state index in [1.54, 1.807) is 0 Å². The van der Waals surface area contributed by atoms with Gasteiger partial charge in [0.15, 0.2) is 6.10 Å². The lowest BCUT2D eigenvalue weighted by atomic mass is 9.86. The van der Waals surface area contributed by atoms with E-state index in [4.69, 9.17) is 24.2 Å². The molecule has 1 atom stereocenters. The number of pyridine rings is 2. The predicted octanol–water partition coefficient (Wildman–Crippen LogP) is 6.17. The van der Waals surface area contributed by atoms with Crippen LogP contribution in [-0.2, 0) is 27.2 Å². The average molecular weight is 528 g/mol. The fraction of sp³-hybridized carbons (Fsp3) is 0.406. The minimum atomic E-state index is -0.923. The Balaban J connectivity index is 1.87. The second-order valence-electron chi connectivity index (χ2n) is 11.4. The van der Waals surface area contributed by atoms with Crippen molar-refractivity contribution in [2.45, 2.75) is 59.3 Å². The zero-order valence-electron chi connectivity index (χ0n) is 23.9. The summed E-state index contributed by atoms with van der Waals surface area (Å²) >= 11 is 0. The van der Waals surface area contributed by atoms with Crippen molar-refractivity contribution in [2.75, 3.05) is 27.3 Å². The van der Waals surface area contributed by atoms with Gasteiger partial charge in [0.25, 0.3) is 0 Å². The molecule has 7 nitrogen and oxygen atoms in total. The first-order valence-electron chi connectivity index (χ1n) is 13.5. The fourth-order valence-electron chi connectivity index (χ4n) is 5.40. The van der Waals surface area contributed by atoms with Crippen molar-refractivity contribution in [1.29, 1.82) is 0 Å². The first-order valence-corrected chi connectivity index (χ1v) is 13.5. The lowest BCUT2D eigenvalue weighted by Gasteiger charge is -2.30. The molecule has 0 saturated carbocycles. The van der Waals surface area contributed by atoms with Crippen LogP contribution < -0.4 is 4.74 Å². The van der Waals surface area contributed by atoms with Crippen LogP contribution in [0, 0.1) is 6.92 Å². The van der Waals surface area contributed by atoms with Crippen molar-refractivity contribution in [1.82, 2.24) is 14.9 Å². The summed E-state index contributed by atoms with van der Waals surface area (Å²) in [6, 6.07) is 12.3. The van der Waals surface area contributed by atoms with Gasteiger partial charge in [-0.1, -0.05) is 6.07 Å². The summed E-state index contributed by atoms with van der Waals surface area (Å²) in [6.07, 6.45) is 1.76. The quantitative estimate of drug-likeness (QED) is 0.266. The molecule has 1 aliphatic heterocycles. The van der Waals surface area contributed by atoms with Crippen molar-refractivity contribution >= 4 is 27.8 Å². The lowest BCUT2D eigenvalue weighted by Crippen LogP contribution is -2.29. The molecule has 0 radical (unpaired) electrons. The molecule has 0 fully saturated rings. The van der Waals surface area contributed by atoms with E-state index in [9.17, 15) is 4.79 Å². The maximum absolute atomic E-state index is 13.5. The van der Waals surface area contributed by atoms with Crippen molar-refractivity contribution in [3.63, 3.8) is 0 Å². The number of esters is 1. The molecule has 4 aromatic rings. The van der Waals surface area contributed by atoms with Crippen molar-refractivity contribution in [2.24, 2.45) is 0 Å². The molecule has 0 aliphatic carbocycles. The molecule has 2 aromatic heterocycles. The number of fused-ring (bicyclic) bond motifs is 1. The van der Waals surface area contributed by atoms with Gasteiger partial charge in [0.1, 0.15) is 5.75 Å². The zero-order chi connectivity index (χ0) is 27.9. The highest BCUT2D eigenvalue weighted by Gasteiger charge is 2.34. The van der Waals surface area contributed by atoms with Crippen LogP contribution in [0.5, 0.6) is 5.75 Å². The number of carbonyl (C=O) groups is 1. The summed E-state index contributed by atoms with van der Waals surface area (Å²) in [5.41, 5.74) is 6.78. The summed E-state index contributed by atoms with van der Waals surface area (Å²) < 4.78 is 18.0. The van der Waals surface area contributed by atoms with Gasteiger partial charge in [-0.25, -0.2) is 4.79 Å². The Bertz CT molecular complexity index is 1550. The molecule has 5 rings (SSSR count). The molecular formula is C32H37N3O4. The topological polar surface area (TPSA) is 73.8 Å². The number of ether oxygens (including phenoxy) is 3. The molecule has 7 heteroatoms. The number of hydrogen-bond donors (Lipinski definition) is 0. The Morgan fingerprint density at radius 3 is 2.67 bits per heavy atom. The smallest absolute Gasteiger partial charge is 0.339 e. The number of aromatic nitrogens is 2. The average Bonchev–Trinajstić information content (AvgIpc) is 2.87. The number of benzene rings is 2. The maximum Gasteiger partial charge on any atom is 0.339 e. The molecule has 0 spiro atoms. The summed E-state index contributed by atoms with van der Waals surface area (Å²) in [5, 5.41) is 1.95. The van der Waals surface area contributed by atoms with Crippen LogP contribution in [0.4, 0.5) is 0 Å². The predicted molar refractivity (Wildman–Crippen MR) is 154 cm³/mol. The van der Waals surface area contributed by atoms with Crippen LogP contribution in [-0.4, -0.2) is 53.7 Å². The van der Waals surface area contributed by atoms with Crippen LogP contribution in [0.3, 0.4) is 0 Å². The second-order valence-corrected chi connectivity index (χ2v) is 11.4. The Hall–Kier alpha value is -3.55. The highest BCUT2D eigenvalue weighted by atomic mass is 16.6. The van der Waals surface area contributed by atoms with Gasteiger partial charge in [-0.05, 0) is 95.7 Å². The van der Waals surface area contributed by atoms with E-state index in [0.29, 0.717) is 6.61 Å². The van der Waals surface area contributed by atoms with E-state index < -0.39 is 17.7 Å². The molecule has 0 bridgehead atoms. The monoisotopic (exact) mass is 527 g/mol. The van der Waals surface area contributed by atoms with E-state index >= 15 is 0 Å². The van der Waals surface area contributed by atoms with Gasteiger partial charge in [0.2, 0.25) is 0 Å². The standard InChI is InChI=1S/C32H37N3O4/c1-8-37-31(36)30(39-32(3,4)5)26-19(2)17-24-22(10-9-21(34-24)18-35(6)7)28(26)23-11-12-25-27-20(14-16-38-25)13-15-33-29(23)27/h9-13,15,17,30H,8,14,16,18H2,1-7H3/t30-/m0/s1. The number of carbonyl (C=O) groups excluding carboxylic acids is 1. The van der Waals surface area contributed by atoms with E-state index in [1.807, 2.05) is 73.1 Å². The van der Waals surface area contributed by atoms with Gasteiger partial charge in [-0.3, -0.25) is 9.97 Å². The van der Waals surface area contributed by atoms with Crippen molar-refractivity contribution in [3.8, 4) is 16.9 Å². The zero-order valence-corrected chi connectivity index (χ0v) is 23.9. The molecular weight excluding hydrogens is 490 g/mol. The highest BCUT2D eigenvalue weighted by Crippen LogP contribution is 2.45. The van der Waals surface area contributed by atoms with Crippen LogP contribution in [0.15, 0.2) is 42.6 Å². The summed E-state index contributed by atoms with van der Waals surface area (Å²) in [7, 11) is 4.06. The van der Waals surface area contributed by atoms with Crippen LogP contribution >= 0.6 is 0 Å². The van der Waals surface area contributed by atoms with Crippen LogP contribution in [0.2, 0.25) is 0 Å². The van der Waals surface area contributed by atoms with Gasteiger partial charge in [-0.15, -0.1) is 0 Å². The van der Waals surface area contributed by atoms with E-state index in [2.05, 4.69) is 23.1 Å². The first-order chi connectivity index (χ1) is 18.6. The third-order valence-corrected chi connectivity index (χ3v) is 6.85. The fourth-order valence-corrected chi connectivity index (χ4v) is 5.40. The van der Waals surface area contributed by atoms with Crippen molar-refractivity contribution < 1.29 is 19.0 Å². The second kappa shape index (κ2) is 10.5. The minimum absolute atomic E-state index is 0.264. The summed E-state index contributed by atoms with van der Waals surface area (Å²) in [6.45, 7) is 11.3. The van der Waals surface area contributed by atoms with E-state index in [1.165, 1.54) is 5.56 Å². The molecule has 0 unspecified atom stereocenters. The Labute approximate surface area is 230 Å². The molecule has 0 saturated heterocycles. The number of nitrogens with zero attached hydrogens (tertiary/aromatic N) is 3. The highest BCUT2D eigenvalue weighted by molar-refractivity contribution is 6.08. The Morgan fingerprint density at radius 1 is 1.15 bits per heavy atom. The van der Waals surface area contributed by atoms with Gasteiger partial charge in [-0.2, -0.15) is 0 Å². The van der Waals surface area contributed by atoms with Gasteiger partial charge < -0.3 is 19.1 Å². The molecule has 0 amide bonds. The summed E-state index contributed by atoms with van der Waals surface area (Å²) in [4.78, 5) is 25.5. The minimum Gasteiger partial charge on any atom is -0.493 e. The van der Waals surface area contributed by atoms with Crippen LogP contribution in [0.1, 0.15) is 56.2 Å². The molecule has 2 aromatic carbocycles. The maximum atomic E-state index is 13.5. The molecule has 39 heavy (non-hydrogen) atoms. The number of aryl methyl sites for hydroxylation is 1. The SMILES string of the molecule is CCOC(=O)[C@@H](OC(C)(C)C)c1c(C)cc2nc(CN(C)C)ccc2c1-c1ccc2c3c(ccnc13)CCO2. The van der Waals surface area contributed by atoms with Crippen LogP contribution in [0.25, 0.3) is 32.9 Å². The molecule has 1 aliphatic rings. The first kappa shape index (κ1) is 27.0. The number of hydrogen-bond acceptors (Lipinski definition) is 7. The third kappa shape index (κ3) is 5.34. The largest absolute Gasteiger partial charge is 0.493 e. The normalized spacial score (nSPS) is 14.1. The Morgan fingerprint density at radius 2 is 1.95 bits per heavy atom. The molecule has 3 heterocycles. The van der Waals surface area contributed by atoms with E-state index in [-0.39, 0.29) is 6.61 Å². The summed E-state index contributed by atoms with van der Waals surface area (Å²) in [5.74, 6) is 0.424. The molecule has 0 N–H and O–H groups in total. The lowest BCUT2D eigenvalue weighted by molar-refractivity contribution is -0.166. The van der Waals surface area contributed by atoms with Crippen molar-refractivity contribution in [3.05, 3.63) is 65.0 Å². The third-order valence-electron chi connectivity index (χ3n) is 6.85. The van der Waals surface area contributed by atoms with Gasteiger partial charge >= 0.3 is 5.97 Å². The Kier molecular flexibility index (Phi) is 7.31. The van der Waals surface area contributed by atoms with E-state index in [0.717, 1.165) is 68.5 Å². The van der Waals surface area contributed by atoms with Gasteiger partial charge in [0.05, 0.1) is 35.5 Å².